The molecule has 0 fully saturated rings. The molecule has 1 aromatic rings. The van der Waals surface area contributed by atoms with Gasteiger partial charge >= 0.3 is 12.3 Å². The van der Waals surface area contributed by atoms with Gasteiger partial charge in [0.1, 0.15) is 5.82 Å². The fourth-order valence-electron chi connectivity index (χ4n) is 1.44. The highest BCUT2D eigenvalue weighted by atomic mass is 19.4. The van der Waals surface area contributed by atoms with E-state index in [0.29, 0.717) is 12.0 Å². The fraction of sp³-hybridized carbons (Fsp3) is 0.417. The van der Waals surface area contributed by atoms with Gasteiger partial charge in [-0.25, -0.2) is 9.18 Å². The normalized spacial score (nSPS) is 11.2. The molecule has 0 radical (unpaired) electrons. The Morgan fingerprint density at radius 2 is 2.05 bits per heavy atom. The van der Waals surface area contributed by atoms with E-state index in [1.54, 1.807) is 13.0 Å². The molecule has 0 aliphatic carbocycles. The number of amides is 1. The predicted molar refractivity (Wildman–Crippen MR) is 60.2 cm³/mol. The Morgan fingerprint density at radius 1 is 1.37 bits per heavy atom. The molecule has 19 heavy (non-hydrogen) atoms. The van der Waals surface area contributed by atoms with Crippen LogP contribution in [0.3, 0.4) is 0 Å². The van der Waals surface area contributed by atoms with E-state index >= 15 is 0 Å². The Balaban J connectivity index is 2.32. The summed E-state index contributed by atoms with van der Waals surface area (Å²) >= 11 is 0. The van der Waals surface area contributed by atoms with Gasteiger partial charge < -0.3 is 10.1 Å². The first-order chi connectivity index (χ1) is 8.78. The van der Waals surface area contributed by atoms with Gasteiger partial charge in [0.2, 0.25) is 0 Å². The Hall–Kier alpha value is -1.79. The lowest BCUT2D eigenvalue weighted by Crippen LogP contribution is -2.30. The van der Waals surface area contributed by atoms with Crippen LogP contribution in [0.15, 0.2) is 18.2 Å². The first-order valence-corrected chi connectivity index (χ1v) is 5.50. The van der Waals surface area contributed by atoms with Gasteiger partial charge in [0, 0.05) is 6.54 Å². The number of rotatable bonds is 4. The molecule has 0 saturated carbocycles. The quantitative estimate of drug-likeness (QED) is 0.860. The Bertz CT molecular complexity index is 446. The molecule has 0 bridgehead atoms. The van der Waals surface area contributed by atoms with E-state index in [-0.39, 0.29) is 12.4 Å². The Kier molecular flexibility index (Phi) is 5.14. The van der Waals surface area contributed by atoms with Gasteiger partial charge in [0.15, 0.2) is 6.61 Å². The molecule has 1 amide bonds. The molecule has 1 N–H and O–H groups in total. The molecule has 0 aliphatic heterocycles. The first-order valence-electron chi connectivity index (χ1n) is 5.50. The summed E-state index contributed by atoms with van der Waals surface area (Å²) in [6, 6.07) is 4.19. The highest BCUT2D eigenvalue weighted by Crippen LogP contribution is 2.14. The lowest BCUT2D eigenvalue weighted by atomic mass is 10.1. The minimum Gasteiger partial charge on any atom is -0.440 e. The number of carbonyl (C=O) groups excluding carboxylic acids is 1. The van der Waals surface area contributed by atoms with Gasteiger partial charge in [-0.2, -0.15) is 13.2 Å². The average molecular weight is 279 g/mol. The number of alkyl carbamates (subject to hydrolysis) is 1. The Labute approximate surface area is 107 Å². The summed E-state index contributed by atoms with van der Waals surface area (Å²) in [5, 5.41) is 2.19. The maximum absolute atomic E-state index is 12.8. The molecule has 0 heterocycles. The predicted octanol–water partition coefficient (Wildman–Crippen LogP) is 2.97. The van der Waals surface area contributed by atoms with Gasteiger partial charge in [0.25, 0.3) is 0 Å². The summed E-state index contributed by atoms with van der Waals surface area (Å²) < 4.78 is 52.0. The van der Waals surface area contributed by atoms with Crippen molar-refractivity contribution in [3.05, 3.63) is 35.1 Å². The summed E-state index contributed by atoms with van der Waals surface area (Å²) in [6.45, 7) is 0.206. The van der Waals surface area contributed by atoms with Gasteiger partial charge in [-0.1, -0.05) is 6.07 Å². The fourth-order valence-corrected chi connectivity index (χ4v) is 1.44. The second-order valence-corrected chi connectivity index (χ2v) is 3.94. The molecule has 0 atom stereocenters. The van der Waals surface area contributed by atoms with Crippen molar-refractivity contribution in [2.45, 2.75) is 19.5 Å². The molecule has 0 spiro atoms. The first kappa shape index (κ1) is 15.3. The summed E-state index contributed by atoms with van der Waals surface area (Å²) in [5.41, 5.74) is 1.52. The van der Waals surface area contributed by atoms with E-state index in [0.717, 1.165) is 5.56 Å². The highest BCUT2D eigenvalue weighted by molar-refractivity contribution is 5.67. The third-order valence-corrected chi connectivity index (χ3v) is 2.34. The third-order valence-electron chi connectivity index (χ3n) is 2.34. The zero-order valence-corrected chi connectivity index (χ0v) is 10.2. The standard InChI is InChI=1S/C12H13F4NO2/c1-8-6-10(13)3-2-9(8)4-5-17-11(18)19-7-12(14,15)16/h2-3,6H,4-5,7H2,1H3,(H,17,18). The van der Waals surface area contributed by atoms with E-state index in [2.05, 4.69) is 10.1 Å². The van der Waals surface area contributed by atoms with Crippen LogP contribution < -0.4 is 5.32 Å². The van der Waals surface area contributed by atoms with E-state index in [1.165, 1.54) is 12.1 Å². The number of hydrogen-bond donors (Lipinski definition) is 1. The van der Waals surface area contributed by atoms with E-state index in [4.69, 9.17) is 0 Å². The van der Waals surface area contributed by atoms with Gasteiger partial charge in [-0.3, -0.25) is 0 Å². The smallest absolute Gasteiger partial charge is 0.422 e. The topological polar surface area (TPSA) is 38.3 Å². The lowest BCUT2D eigenvalue weighted by Gasteiger charge is -2.10. The number of aryl methyl sites for hydroxylation is 1. The molecule has 0 unspecified atom stereocenters. The van der Waals surface area contributed by atoms with Crippen LogP contribution in [-0.4, -0.2) is 25.4 Å². The van der Waals surface area contributed by atoms with Crippen molar-refractivity contribution in [2.75, 3.05) is 13.2 Å². The van der Waals surface area contributed by atoms with Crippen molar-refractivity contribution in [2.24, 2.45) is 0 Å². The average Bonchev–Trinajstić information content (AvgIpc) is 2.28. The monoisotopic (exact) mass is 279 g/mol. The van der Waals surface area contributed by atoms with Gasteiger partial charge in [-0.15, -0.1) is 0 Å². The molecule has 7 heteroatoms. The second kappa shape index (κ2) is 6.40. The van der Waals surface area contributed by atoms with Crippen molar-refractivity contribution in [3.63, 3.8) is 0 Å². The zero-order valence-electron chi connectivity index (χ0n) is 10.2. The van der Waals surface area contributed by atoms with Crippen LogP contribution in [-0.2, 0) is 11.2 Å². The number of halogens is 4. The van der Waals surface area contributed by atoms with Gasteiger partial charge in [-0.05, 0) is 36.6 Å². The van der Waals surface area contributed by atoms with Crippen molar-refractivity contribution in [1.29, 1.82) is 0 Å². The number of carbonyl (C=O) groups is 1. The van der Waals surface area contributed by atoms with Crippen LogP contribution in [0.5, 0.6) is 0 Å². The van der Waals surface area contributed by atoms with Crippen LogP contribution in [0.2, 0.25) is 0 Å². The van der Waals surface area contributed by atoms with Crippen LogP contribution in [0.4, 0.5) is 22.4 Å². The summed E-state index contributed by atoms with van der Waals surface area (Å²) in [5.74, 6) is -0.362. The number of alkyl halides is 3. The highest BCUT2D eigenvalue weighted by Gasteiger charge is 2.29. The maximum atomic E-state index is 12.8. The molecular formula is C12H13F4NO2. The molecule has 1 rings (SSSR count). The van der Waals surface area contributed by atoms with E-state index in [9.17, 15) is 22.4 Å². The molecule has 106 valence electrons. The zero-order chi connectivity index (χ0) is 14.5. The van der Waals surface area contributed by atoms with Crippen LogP contribution >= 0.6 is 0 Å². The number of benzene rings is 1. The second-order valence-electron chi connectivity index (χ2n) is 3.94. The Morgan fingerprint density at radius 3 is 2.63 bits per heavy atom. The van der Waals surface area contributed by atoms with Crippen molar-refractivity contribution >= 4 is 6.09 Å². The molecule has 3 nitrogen and oxygen atoms in total. The molecule has 0 aromatic heterocycles. The number of hydrogen-bond acceptors (Lipinski definition) is 2. The molecule has 1 aromatic carbocycles. The van der Waals surface area contributed by atoms with Crippen molar-refractivity contribution < 1.29 is 27.1 Å². The third kappa shape index (κ3) is 6.08. The molecule has 0 saturated heterocycles. The lowest BCUT2D eigenvalue weighted by molar-refractivity contribution is -0.160. The number of nitrogens with one attached hydrogen (secondary N) is 1. The maximum Gasteiger partial charge on any atom is 0.422 e. The van der Waals surface area contributed by atoms with Crippen molar-refractivity contribution in [1.82, 2.24) is 5.32 Å². The van der Waals surface area contributed by atoms with Gasteiger partial charge in [0.05, 0.1) is 0 Å². The molecular weight excluding hydrogens is 266 g/mol. The minimum absolute atomic E-state index is 0.114. The van der Waals surface area contributed by atoms with Crippen LogP contribution in [0.25, 0.3) is 0 Å². The summed E-state index contributed by atoms with van der Waals surface area (Å²) in [4.78, 5) is 10.9. The van der Waals surface area contributed by atoms with E-state index in [1.807, 2.05) is 0 Å². The largest absolute Gasteiger partial charge is 0.440 e. The number of ether oxygens (including phenoxy) is 1. The summed E-state index contributed by atoms with van der Waals surface area (Å²) in [7, 11) is 0. The minimum atomic E-state index is -4.54. The van der Waals surface area contributed by atoms with Crippen molar-refractivity contribution in [3.8, 4) is 0 Å². The summed E-state index contributed by atoms with van der Waals surface area (Å²) in [6.07, 6.45) is -5.28. The SMILES string of the molecule is Cc1cc(F)ccc1CCNC(=O)OCC(F)(F)F. The van der Waals surface area contributed by atoms with Crippen LogP contribution in [0.1, 0.15) is 11.1 Å². The molecule has 0 aliphatic rings. The van der Waals surface area contributed by atoms with E-state index < -0.39 is 18.9 Å². The van der Waals surface area contributed by atoms with Crippen LogP contribution in [0, 0.1) is 12.7 Å².